The van der Waals surface area contributed by atoms with Crippen molar-refractivity contribution in [2.24, 2.45) is 0 Å². The Morgan fingerprint density at radius 1 is 1.19 bits per heavy atom. The topological polar surface area (TPSA) is 79.3 Å². The predicted octanol–water partition coefficient (Wildman–Crippen LogP) is 2.63. The Bertz CT molecular complexity index is 718. The van der Waals surface area contributed by atoms with Crippen molar-refractivity contribution in [3.05, 3.63) is 53.6 Å². The highest BCUT2D eigenvalue weighted by atomic mass is 16.5. The highest BCUT2D eigenvalue weighted by molar-refractivity contribution is 5.95. The van der Waals surface area contributed by atoms with Gasteiger partial charge in [-0.1, -0.05) is 12.1 Å². The van der Waals surface area contributed by atoms with Gasteiger partial charge in [-0.05, 0) is 30.3 Å². The molecule has 0 aliphatic heterocycles. The Balaban J connectivity index is 2.30. The minimum atomic E-state index is -0.134. The standard InChI is InChI=1S/C16H15N3O2/c1-19(2)16(20)11-7-8-15(13(18)9-11)21-14-6-4-3-5-12(14)10-17/h3-9H,18H2,1-2H3. The molecule has 106 valence electrons. The van der Waals surface area contributed by atoms with Crippen LogP contribution in [0.5, 0.6) is 11.5 Å². The third-order valence-electron chi connectivity index (χ3n) is 2.89. The smallest absolute Gasteiger partial charge is 0.253 e. The van der Waals surface area contributed by atoms with E-state index in [9.17, 15) is 4.79 Å². The molecule has 21 heavy (non-hydrogen) atoms. The van der Waals surface area contributed by atoms with E-state index in [0.29, 0.717) is 28.3 Å². The fourth-order valence-corrected chi connectivity index (χ4v) is 1.80. The first kappa shape index (κ1) is 14.4. The summed E-state index contributed by atoms with van der Waals surface area (Å²) >= 11 is 0. The molecule has 0 unspecified atom stereocenters. The molecule has 2 aromatic rings. The number of nitrogens with two attached hydrogens (primary N) is 1. The van der Waals surface area contributed by atoms with Gasteiger partial charge < -0.3 is 15.4 Å². The third kappa shape index (κ3) is 3.12. The van der Waals surface area contributed by atoms with Gasteiger partial charge in [0, 0.05) is 19.7 Å². The molecule has 0 radical (unpaired) electrons. The summed E-state index contributed by atoms with van der Waals surface area (Å²) < 4.78 is 5.65. The predicted molar refractivity (Wildman–Crippen MR) is 80.1 cm³/mol. The van der Waals surface area contributed by atoms with E-state index < -0.39 is 0 Å². The Morgan fingerprint density at radius 3 is 2.52 bits per heavy atom. The molecule has 0 atom stereocenters. The molecule has 2 N–H and O–H groups in total. The van der Waals surface area contributed by atoms with Crippen LogP contribution >= 0.6 is 0 Å². The number of rotatable bonds is 3. The average Bonchev–Trinajstić information content (AvgIpc) is 2.49. The Labute approximate surface area is 123 Å². The molecule has 1 amide bonds. The maximum atomic E-state index is 11.9. The van der Waals surface area contributed by atoms with Crippen molar-refractivity contribution in [3.8, 4) is 17.6 Å². The lowest BCUT2D eigenvalue weighted by molar-refractivity contribution is 0.0827. The van der Waals surface area contributed by atoms with Gasteiger partial charge in [0.1, 0.15) is 17.6 Å². The van der Waals surface area contributed by atoms with E-state index >= 15 is 0 Å². The van der Waals surface area contributed by atoms with Gasteiger partial charge in [-0.2, -0.15) is 5.26 Å². The second-order valence-electron chi connectivity index (χ2n) is 4.66. The number of nitriles is 1. The lowest BCUT2D eigenvalue weighted by atomic mass is 10.1. The summed E-state index contributed by atoms with van der Waals surface area (Å²) in [5, 5.41) is 9.03. The molecule has 0 saturated carbocycles. The van der Waals surface area contributed by atoms with Gasteiger partial charge in [-0.25, -0.2) is 0 Å². The van der Waals surface area contributed by atoms with Gasteiger partial charge in [0.25, 0.3) is 5.91 Å². The number of nitrogens with zero attached hydrogens (tertiary/aromatic N) is 2. The summed E-state index contributed by atoms with van der Waals surface area (Å²) in [6.07, 6.45) is 0. The first-order chi connectivity index (χ1) is 10.0. The Morgan fingerprint density at radius 2 is 1.90 bits per heavy atom. The highest BCUT2D eigenvalue weighted by Gasteiger charge is 2.12. The minimum Gasteiger partial charge on any atom is -0.454 e. The van der Waals surface area contributed by atoms with Crippen LogP contribution in [0.25, 0.3) is 0 Å². The lowest BCUT2D eigenvalue weighted by Crippen LogP contribution is -2.21. The number of anilines is 1. The number of para-hydroxylation sites is 1. The molecule has 5 nitrogen and oxygen atoms in total. The van der Waals surface area contributed by atoms with Gasteiger partial charge in [0.2, 0.25) is 0 Å². The van der Waals surface area contributed by atoms with Crippen molar-refractivity contribution in [1.29, 1.82) is 5.26 Å². The van der Waals surface area contributed by atoms with E-state index in [2.05, 4.69) is 6.07 Å². The molecule has 0 aliphatic rings. The van der Waals surface area contributed by atoms with Crippen molar-refractivity contribution >= 4 is 11.6 Å². The van der Waals surface area contributed by atoms with Crippen molar-refractivity contribution in [1.82, 2.24) is 4.90 Å². The largest absolute Gasteiger partial charge is 0.454 e. The van der Waals surface area contributed by atoms with Crippen LogP contribution in [0, 0.1) is 11.3 Å². The molecule has 5 heteroatoms. The number of hydrogen-bond donors (Lipinski definition) is 1. The number of benzene rings is 2. The first-order valence-electron chi connectivity index (χ1n) is 6.31. The second-order valence-corrected chi connectivity index (χ2v) is 4.66. The highest BCUT2D eigenvalue weighted by Crippen LogP contribution is 2.30. The van der Waals surface area contributed by atoms with Crippen molar-refractivity contribution in [2.75, 3.05) is 19.8 Å². The van der Waals surface area contributed by atoms with Crippen molar-refractivity contribution < 1.29 is 9.53 Å². The molecule has 2 aromatic carbocycles. The zero-order valence-electron chi connectivity index (χ0n) is 11.8. The molecule has 0 spiro atoms. The molecule has 0 saturated heterocycles. The van der Waals surface area contributed by atoms with E-state index in [4.69, 9.17) is 15.7 Å². The van der Waals surface area contributed by atoms with Crippen LogP contribution in [0.2, 0.25) is 0 Å². The SMILES string of the molecule is CN(C)C(=O)c1ccc(Oc2ccccc2C#N)c(N)c1. The first-order valence-corrected chi connectivity index (χ1v) is 6.31. The van der Waals surface area contributed by atoms with Crippen LogP contribution in [0.4, 0.5) is 5.69 Å². The maximum absolute atomic E-state index is 11.9. The summed E-state index contributed by atoms with van der Waals surface area (Å²) in [6.45, 7) is 0. The molecule has 0 fully saturated rings. The fraction of sp³-hybridized carbons (Fsp3) is 0.125. The van der Waals surface area contributed by atoms with E-state index in [1.165, 1.54) is 4.90 Å². The van der Waals surface area contributed by atoms with Crippen LogP contribution in [0.1, 0.15) is 15.9 Å². The van der Waals surface area contributed by atoms with Crippen LogP contribution in [-0.4, -0.2) is 24.9 Å². The Kier molecular flexibility index (Phi) is 4.10. The van der Waals surface area contributed by atoms with Gasteiger partial charge >= 0.3 is 0 Å². The summed E-state index contributed by atoms with van der Waals surface area (Å²) in [5.41, 5.74) is 7.17. The van der Waals surface area contributed by atoms with E-state index in [0.717, 1.165) is 0 Å². The summed E-state index contributed by atoms with van der Waals surface area (Å²) in [7, 11) is 3.35. The number of amides is 1. The maximum Gasteiger partial charge on any atom is 0.253 e. The quantitative estimate of drug-likeness (QED) is 0.877. The number of ether oxygens (including phenoxy) is 1. The summed E-state index contributed by atoms with van der Waals surface area (Å²) in [4.78, 5) is 13.3. The average molecular weight is 281 g/mol. The number of nitrogen functional groups attached to an aromatic ring is 1. The van der Waals surface area contributed by atoms with Crippen molar-refractivity contribution in [3.63, 3.8) is 0 Å². The molecular formula is C16H15N3O2. The van der Waals surface area contributed by atoms with Gasteiger partial charge in [0.15, 0.2) is 0 Å². The van der Waals surface area contributed by atoms with Crippen LogP contribution in [-0.2, 0) is 0 Å². The number of hydrogen-bond acceptors (Lipinski definition) is 4. The summed E-state index contributed by atoms with van der Waals surface area (Å²) in [6, 6.07) is 13.8. The van der Waals surface area contributed by atoms with Crippen LogP contribution in [0.15, 0.2) is 42.5 Å². The normalized spacial score (nSPS) is 9.76. The molecular weight excluding hydrogens is 266 g/mol. The summed E-state index contributed by atoms with van der Waals surface area (Å²) in [5.74, 6) is 0.706. The third-order valence-corrected chi connectivity index (χ3v) is 2.89. The number of carbonyl (C=O) groups is 1. The molecule has 0 heterocycles. The zero-order valence-corrected chi connectivity index (χ0v) is 11.8. The van der Waals surface area contributed by atoms with Gasteiger partial charge in [-0.3, -0.25) is 4.79 Å². The van der Waals surface area contributed by atoms with Crippen LogP contribution < -0.4 is 10.5 Å². The van der Waals surface area contributed by atoms with E-state index in [1.807, 2.05) is 0 Å². The Hall–Kier alpha value is -3.00. The minimum absolute atomic E-state index is 0.134. The van der Waals surface area contributed by atoms with Gasteiger partial charge in [0.05, 0.1) is 11.3 Å². The van der Waals surface area contributed by atoms with Crippen molar-refractivity contribution in [2.45, 2.75) is 0 Å². The zero-order chi connectivity index (χ0) is 15.4. The molecule has 0 aliphatic carbocycles. The van der Waals surface area contributed by atoms with Crippen LogP contribution in [0.3, 0.4) is 0 Å². The number of carbonyl (C=O) groups excluding carboxylic acids is 1. The molecule has 0 bridgehead atoms. The van der Waals surface area contributed by atoms with E-state index in [-0.39, 0.29) is 5.91 Å². The van der Waals surface area contributed by atoms with Gasteiger partial charge in [-0.15, -0.1) is 0 Å². The molecule has 2 rings (SSSR count). The van der Waals surface area contributed by atoms with E-state index in [1.54, 1.807) is 56.6 Å². The molecule has 0 aromatic heterocycles. The lowest BCUT2D eigenvalue weighted by Gasteiger charge is -2.13. The monoisotopic (exact) mass is 281 g/mol. The second kappa shape index (κ2) is 5.97. The fourth-order valence-electron chi connectivity index (χ4n) is 1.80.